The highest BCUT2D eigenvalue weighted by molar-refractivity contribution is 8.22. The Morgan fingerprint density at radius 1 is 1.14 bits per heavy atom. The molecule has 0 fully saturated rings. The van der Waals surface area contributed by atoms with E-state index in [1.807, 2.05) is 11.6 Å². The van der Waals surface area contributed by atoms with E-state index < -0.39 is 0 Å². The Labute approximate surface area is 92.6 Å². The topological polar surface area (TPSA) is 0 Å². The van der Waals surface area contributed by atoms with Crippen molar-refractivity contribution in [2.75, 3.05) is 0 Å². The Bertz CT molecular complexity index is 267. The van der Waals surface area contributed by atoms with Crippen LogP contribution in [0.3, 0.4) is 0 Å². The minimum atomic E-state index is 0.292. The van der Waals surface area contributed by atoms with Crippen LogP contribution in [0.15, 0.2) is 35.2 Å². The molecule has 14 heavy (non-hydrogen) atoms. The Morgan fingerprint density at radius 3 is 2.21 bits per heavy atom. The number of rotatable bonds is 4. The summed E-state index contributed by atoms with van der Waals surface area (Å²) in [5.74, 6) is 0.679. The largest absolute Gasteiger partial charge is 0.205 e. The zero-order valence-electron chi connectivity index (χ0n) is 9.45. The van der Waals surface area contributed by atoms with Crippen molar-refractivity contribution in [2.45, 2.75) is 37.9 Å². The molecule has 0 aliphatic rings. The SMILES string of the molecule is CC(C)C(C)(C)[B]Sc1ccccc1. The van der Waals surface area contributed by atoms with E-state index in [9.17, 15) is 0 Å². The first-order chi connectivity index (χ1) is 6.52. The second kappa shape index (κ2) is 4.93. The van der Waals surface area contributed by atoms with Crippen LogP contribution in [0.1, 0.15) is 27.7 Å². The molecular formula is C12H18BS. The molecule has 1 radical (unpaired) electrons. The van der Waals surface area contributed by atoms with E-state index in [-0.39, 0.29) is 0 Å². The molecule has 2 heteroatoms. The molecule has 0 N–H and O–H groups in total. The van der Waals surface area contributed by atoms with E-state index in [0.717, 1.165) is 0 Å². The van der Waals surface area contributed by atoms with Gasteiger partial charge in [0.15, 0.2) is 0 Å². The number of hydrogen-bond donors (Lipinski definition) is 0. The fourth-order valence-corrected chi connectivity index (χ4v) is 1.88. The van der Waals surface area contributed by atoms with Gasteiger partial charge in [0.2, 0.25) is 6.56 Å². The van der Waals surface area contributed by atoms with Crippen LogP contribution in [0, 0.1) is 5.92 Å². The van der Waals surface area contributed by atoms with E-state index in [4.69, 9.17) is 0 Å². The predicted octanol–water partition coefficient (Wildman–Crippen LogP) is 4.25. The zero-order valence-corrected chi connectivity index (χ0v) is 10.3. The summed E-state index contributed by atoms with van der Waals surface area (Å²) in [6.45, 7) is 11.4. The summed E-state index contributed by atoms with van der Waals surface area (Å²) in [6.07, 6.45) is 0. The van der Waals surface area contributed by atoms with Gasteiger partial charge in [0.25, 0.3) is 0 Å². The van der Waals surface area contributed by atoms with E-state index in [1.54, 1.807) is 0 Å². The fraction of sp³-hybridized carbons (Fsp3) is 0.500. The molecule has 0 saturated carbocycles. The van der Waals surface area contributed by atoms with Gasteiger partial charge < -0.3 is 0 Å². The lowest BCUT2D eigenvalue weighted by atomic mass is 9.64. The Kier molecular flexibility index (Phi) is 4.12. The van der Waals surface area contributed by atoms with Gasteiger partial charge >= 0.3 is 0 Å². The molecular weight excluding hydrogens is 187 g/mol. The van der Waals surface area contributed by atoms with Gasteiger partial charge in [0, 0.05) is 0 Å². The molecule has 0 spiro atoms. The molecule has 0 aliphatic carbocycles. The van der Waals surface area contributed by atoms with Gasteiger partial charge in [-0.15, -0.1) is 0 Å². The predicted molar refractivity (Wildman–Crippen MR) is 66.9 cm³/mol. The summed E-state index contributed by atoms with van der Waals surface area (Å²) in [5, 5.41) is 0.292. The Morgan fingerprint density at radius 2 is 1.71 bits per heavy atom. The molecule has 0 atom stereocenters. The second-order valence-corrected chi connectivity index (χ2v) is 5.47. The van der Waals surface area contributed by atoms with Crippen LogP contribution in [0.4, 0.5) is 0 Å². The van der Waals surface area contributed by atoms with Gasteiger partial charge in [0.05, 0.1) is 0 Å². The standard InChI is InChI=1S/C12H18BS/c1-10(2)12(3,4)13-14-11-8-6-5-7-9-11/h5-10H,1-4H3. The third-order valence-electron chi connectivity index (χ3n) is 2.73. The summed E-state index contributed by atoms with van der Waals surface area (Å²) < 4.78 is 0. The third-order valence-corrected chi connectivity index (χ3v) is 4.00. The third kappa shape index (κ3) is 3.41. The lowest BCUT2D eigenvalue weighted by molar-refractivity contribution is 0.479. The summed E-state index contributed by atoms with van der Waals surface area (Å²) in [6, 6.07) is 10.5. The lowest BCUT2D eigenvalue weighted by Gasteiger charge is -2.27. The van der Waals surface area contributed by atoms with E-state index in [2.05, 4.69) is 64.6 Å². The maximum Gasteiger partial charge on any atom is 0.205 e. The summed E-state index contributed by atoms with van der Waals surface area (Å²) in [4.78, 5) is 1.32. The van der Waals surface area contributed by atoms with Crippen LogP contribution in [-0.2, 0) is 0 Å². The highest BCUT2D eigenvalue weighted by Crippen LogP contribution is 2.37. The smallest absolute Gasteiger partial charge is 0.184 e. The van der Waals surface area contributed by atoms with Crippen LogP contribution in [-0.4, -0.2) is 6.56 Å². The molecule has 0 nitrogen and oxygen atoms in total. The number of hydrogen-bond acceptors (Lipinski definition) is 1. The Balaban J connectivity index is 2.49. The van der Waals surface area contributed by atoms with Crippen LogP contribution < -0.4 is 0 Å². The van der Waals surface area contributed by atoms with Crippen molar-refractivity contribution in [3.8, 4) is 0 Å². The van der Waals surface area contributed by atoms with Crippen molar-refractivity contribution < 1.29 is 0 Å². The minimum Gasteiger partial charge on any atom is -0.184 e. The Hall–Kier alpha value is -0.365. The first kappa shape index (κ1) is 11.7. The van der Waals surface area contributed by atoms with Crippen molar-refractivity contribution in [1.82, 2.24) is 0 Å². The number of benzene rings is 1. The van der Waals surface area contributed by atoms with Crippen LogP contribution >= 0.6 is 11.6 Å². The van der Waals surface area contributed by atoms with Gasteiger partial charge in [-0.2, -0.15) is 11.6 Å². The zero-order chi connectivity index (χ0) is 10.6. The van der Waals surface area contributed by atoms with Gasteiger partial charge in [-0.05, 0) is 28.3 Å². The van der Waals surface area contributed by atoms with Gasteiger partial charge in [0.1, 0.15) is 0 Å². The van der Waals surface area contributed by atoms with Crippen molar-refractivity contribution in [3.63, 3.8) is 0 Å². The highest BCUT2D eigenvalue weighted by Gasteiger charge is 2.23. The molecule has 0 amide bonds. The maximum atomic E-state index is 2.34. The van der Waals surface area contributed by atoms with Gasteiger partial charge in [-0.3, -0.25) is 0 Å². The average Bonchev–Trinajstić information content (AvgIpc) is 2.16. The van der Waals surface area contributed by atoms with E-state index in [0.29, 0.717) is 11.2 Å². The molecule has 0 saturated heterocycles. The van der Waals surface area contributed by atoms with Crippen LogP contribution in [0.2, 0.25) is 5.31 Å². The first-order valence-corrected chi connectivity index (χ1v) is 5.96. The molecule has 0 heterocycles. The molecule has 0 bridgehead atoms. The quantitative estimate of drug-likeness (QED) is 0.662. The molecule has 75 valence electrons. The second-order valence-electron chi connectivity index (χ2n) is 4.52. The van der Waals surface area contributed by atoms with Gasteiger partial charge in [-0.25, -0.2) is 0 Å². The molecule has 1 rings (SSSR count). The van der Waals surface area contributed by atoms with Crippen molar-refractivity contribution in [1.29, 1.82) is 0 Å². The van der Waals surface area contributed by atoms with Crippen LogP contribution in [0.5, 0.6) is 0 Å². The summed E-state index contributed by atoms with van der Waals surface area (Å²) >= 11 is 1.83. The van der Waals surface area contributed by atoms with Crippen molar-refractivity contribution >= 4 is 18.2 Å². The lowest BCUT2D eigenvalue weighted by Crippen LogP contribution is -2.17. The highest BCUT2D eigenvalue weighted by atomic mass is 32.2. The monoisotopic (exact) mass is 205 g/mol. The summed E-state index contributed by atoms with van der Waals surface area (Å²) in [7, 11) is 0. The summed E-state index contributed by atoms with van der Waals surface area (Å²) in [5.41, 5.74) is 0. The maximum absolute atomic E-state index is 2.34. The molecule has 1 aromatic rings. The van der Waals surface area contributed by atoms with Gasteiger partial charge in [-0.1, -0.05) is 45.9 Å². The van der Waals surface area contributed by atoms with Crippen molar-refractivity contribution in [3.05, 3.63) is 30.3 Å². The van der Waals surface area contributed by atoms with E-state index >= 15 is 0 Å². The van der Waals surface area contributed by atoms with E-state index in [1.165, 1.54) is 4.90 Å². The fourth-order valence-electron chi connectivity index (χ4n) is 0.855. The molecule has 0 aliphatic heterocycles. The van der Waals surface area contributed by atoms with Crippen molar-refractivity contribution in [2.24, 2.45) is 5.92 Å². The average molecular weight is 205 g/mol. The molecule has 1 aromatic carbocycles. The first-order valence-electron chi connectivity index (χ1n) is 5.08. The molecule has 0 unspecified atom stereocenters. The molecule has 0 aromatic heterocycles. The van der Waals surface area contributed by atoms with Crippen LogP contribution in [0.25, 0.3) is 0 Å². The minimum absolute atomic E-state index is 0.292. The normalized spacial score (nSPS) is 11.8.